The molecule has 1 amide bonds. The predicted octanol–water partition coefficient (Wildman–Crippen LogP) is 6.06. The molecule has 3 aromatic carbocycles. The van der Waals surface area contributed by atoms with Crippen LogP contribution in [0, 0.1) is 11.8 Å². The highest BCUT2D eigenvalue weighted by Crippen LogP contribution is 2.51. The lowest BCUT2D eigenvalue weighted by atomic mass is 9.57. The topological polar surface area (TPSA) is 49.9 Å². The van der Waals surface area contributed by atoms with Gasteiger partial charge in [-0.1, -0.05) is 42.5 Å². The van der Waals surface area contributed by atoms with Crippen molar-refractivity contribution in [3.05, 3.63) is 77.9 Å². The van der Waals surface area contributed by atoms with Gasteiger partial charge in [0.1, 0.15) is 5.75 Å². The third-order valence-corrected chi connectivity index (χ3v) is 9.33. The van der Waals surface area contributed by atoms with Crippen molar-refractivity contribution in [3.8, 4) is 5.75 Å². The van der Waals surface area contributed by atoms with Crippen LogP contribution in [0.3, 0.4) is 0 Å². The zero-order chi connectivity index (χ0) is 26.3. The summed E-state index contributed by atoms with van der Waals surface area (Å²) in [4.78, 5) is 30.1. The standard InChI is InChI=1S/C33H38N2O3/c1-23(36)38-31-9-5-8-28(19-31)33-16-17-35(21-24-10-11-24)22-29(33)14-15-30(20-33)34(2)32(37)27-13-12-25-6-3-4-7-26(25)18-27/h3-9,12-13,18-19,24,29-30H,10-11,14-17,20-22H2,1-2H3/t29-,30-,33+/m1/s1. The molecule has 1 saturated heterocycles. The Morgan fingerprint density at radius 3 is 2.58 bits per heavy atom. The van der Waals surface area contributed by atoms with Crippen LogP contribution < -0.4 is 4.74 Å². The summed E-state index contributed by atoms with van der Waals surface area (Å²) in [7, 11) is 1.98. The number of nitrogens with zero attached hydrogens (tertiary/aromatic N) is 2. The molecule has 0 N–H and O–H groups in total. The van der Waals surface area contributed by atoms with Gasteiger partial charge in [0, 0.05) is 44.1 Å². The molecule has 38 heavy (non-hydrogen) atoms. The molecular weight excluding hydrogens is 472 g/mol. The van der Waals surface area contributed by atoms with E-state index in [2.05, 4.69) is 29.2 Å². The average Bonchev–Trinajstić information content (AvgIpc) is 3.75. The highest BCUT2D eigenvalue weighted by molar-refractivity contribution is 5.98. The Bertz CT molecular complexity index is 1350. The second-order valence-electron chi connectivity index (χ2n) is 11.8. The molecule has 3 atom stereocenters. The van der Waals surface area contributed by atoms with Gasteiger partial charge in [-0.15, -0.1) is 0 Å². The summed E-state index contributed by atoms with van der Waals surface area (Å²) < 4.78 is 5.50. The van der Waals surface area contributed by atoms with Crippen molar-refractivity contribution in [2.24, 2.45) is 11.8 Å². The summed E-state index contributed by atoms with van der Waals surface area (Å²) in [6.45, 7) is 4.88. The molecule has 0 unspecified atom stereocenters. The molecule has 6 rings (SSSR count). The Morgan fingerprint density at radius 1 is 0.974 bits per heavy atom. The van der Waals surface area contributed by atoms with Gasteiger partial charge < -0.3 is 14.5 Å². The Hall–Kier alpha value is -3.18. The fourth-order valence-corrected chi connectivity index (χ4v) is 7.08. The highest BCUT2D eigenvalue weighted by Gasteiger charge is 2.49. The van der Waals surface area contributed by atoms with Crippen molar-refractivity contribution in [1.82, 2.24) is 9.80 Å². The minimum atomic E-state index is -0.294. The normalized spacial score (nSPS) is 25.5. The van der Waals surface area contributed by atoms with E-state index in [9.17, 15) is 9.59 Å². The van der Waals surface area contributed by atoms with E-state index in [0.29, 0.717) is 11.7 Å². The van der Waals surface area contributed by atoms with Gasteiger partial charge in [-0.3, -0.25) is 9.59 Å². The first kappa shape index (κ1) is 25.1. The van der Waals surface area contributed by atoms with Crippen molar-refractivity contribution in [2.75, 3.05) is 26.7 Å². The van der Waals surface area contributed by atoms with Crippen molar-refractivity contribution >= 4 is 22.6 Å². The van der Waals surface area contributed by atoms with Gasteiger partial charge in [0.05, 0.1) is 0 Å². The highest BCUT2D eigenvalue weighted by atomic mass is 16.5. The molecule has 2 saturated carbocycles. The number of ether oxygens (including phenoxy) is 1. The van der Waals surface area contributed by atoms with Crippen molar-refractivity contribution in [2.45, 2.75) is 56.9 Å². The van der Waals surface area contributed by atoms with Crippen LogP contribution in [-0.2, 0) is 10.2 Å². The zero-order valence-electron chi connectivity index (χ0n) is 22.6. The van der Waals surface area contributed by atoms with Gasteiger partial charge in [-0.05, 0) is 97.5 Å². The maximum absolute atomic E-state index is 13.7. The summed E-state index contributed by atoms with van der Waals surface area (Å²) >= 11 is 0. The minimum Gasteiger partial charge on any atom is -0.427 e. The summed E-state index contributed by atoms with van der Waals surface area (Å²) in [5.74, 6) is 1.83. The van der Waals surface area contributed by atoms with Gasteiger partial charge in [-0.25, -0.2) is 0 Å². The number of piperidine rings is 1. The third-order valence-electron chi connectivity index (χ3n) is 9.33. The lowest BCUT2D eigenvalue weighted by Crippen LogP contribution is -2.56. The summed E-state index contributed by atoms with van der Waals surface area (Å²) in [6, 6.07) is 22.6. The largest absolute Gasteiger partial charge is 0.427 e. The Balaban J connectivity index is 1.28. The Labute approximate surface area is 225 Å². The summed E-state index contributed by atoms with van der Waals surface area (Å²) in [5.41, 5.74) is 1.97. The maximum atomic E-state index is 13.7. The van der Waals surface area contributed by atoms with Crippen LogP contribution in [0.25, 0.3) is 10.8 Å². The molecule has 0 aromatic heterocycles. The van der Waals surface area contributed by atoms with Gasteiger partial charge in [0.2, 0.25) is 0 Å². The van der Waals surface area contributed by atoms with E-state index in [1.807, 2.05) is 54.4 Å². The first-order valence-corrected chi connectivity index (χ1v) is 14.2. The summed E-state index contributed by atoms with van der Waals surface area (Å²) in [6.07, 6.45) is 6.87. The van der Waals surface area contributed by atoms with Crippen LogP contribution in [-0.4, -0.2) is 54.4 Å². The van der Waals surface area contributed by atoms with E-state index in [1.54, 1.807) is 0 Å². The van der Waals surface area contributed by atoms with E-state index in [-0.39, 0.29) is 23.3 Å². The summed E-state index contributed by atoms with van der Waals surface area (Å²) in [5, 5.41) is 2.24. The smallest absolute Gasteiger partial charge is 0.308 e. The van der Waals surface area contributed by atoms with Gasteiger partial charge in [-0.2, -0.15) is 0 Å². The fourth-order valence-electron chi connectivity index (χ4n) is 7.08. The number of hydrogen-bond acceptors (Lipinski definition) is 4. The first-order valence-electron chi connectivity index (χ1n) is 14.2. The van der Waals surface area contributed by atoms with Gasteiger partial charge >= 0.3 is 5.97 Å². The molecule has 2 aliphatic carbocycles. The molecule has 0 spiro atoms. The number of esters is 1. The quantitative estimate of drug-likeness (QED) is 0.299. The van der Waals surface area contributed by atoms with E-state index in [1.165, 1.54) is 31.9 Å². The van der Waals surface area contributed by atoms with E-state index >= 15 is 0 Å². The molecule has 0 bridgehead atoms. The zero-order valence-corrected chi connectivity index (χ0v) is 22.6. The van der Waals surface area contributed by atoms with E-state index < -0.39 is 0 Å². The molecule has 1 heterocycles. The SMILES string of the molecule is CC(=O)Oc1cccc([C@@]23CCN(CC4CC4)C[C@H]2CC[C@@H](N(C)C(=O)c2ccc4ccccc4c2)C3)c1. The Morgan fingerprint density at radius 2 is 1.79 bits per heavy atom. The second-order valence-corrected chi connectivity index (χ2v) is 11.8. The molecular formula is C33H38N2O3. The molecule has 1 aliphatic heterocycles. The Kier molecular flexibility index (Phi) is 6.73. The van der Waals surface area contributed by atoms with Crippen LogP contribution in [0.4, 0.5) is 0 Å². The fraction of sp³-hybridized carbons (Fsp3) is 0.455. The molecule has 198 valence electrons. The van der Waals surface area contributed by atoms with Crippen LogP contribution in [0.2, 0.25) is 0 Å². The molecule has 3 aliphatic rings. The number of fused-ring (bicyclic) bond motifs is 2. The van der Waals surface area contributed by atoms with Crippen molar-refractivity contribution in [1.29, 1.82) is 0 Å². The number of carbonyl (C=O) groups excluding carboxylic acids is 2. The number of rotatable bonds is 6. The number of amides is 1. The van der Waals surface area contributed by atoms with Crippen LogP contribution >= 0.6 is 0 Å². The van der Waals surface area contributed by atoms with Crippen molar-refractivity contribution in [3.63, 3.8) is 0 Å². The third kappa shape index (κ3) is 4.96. The molecule has 0 radical (unpaired) electrons. The number of likely N-dealkylation sites (tertiary alicyclic amines) is 1. The molecule has 5 heteroatoms. The van der Waals surface area contributed by atoms with E-state index in [0.717, 1.165) is 61.0 Å². The lowest BCUT2D eigenvalue weighted by Gasteiger charge is -2.54. The number of carbonyl (C=O) groups is 2. The average molecular weight is 511 g/mol. The van der Waals surface area contributed by atoms with E-state index in [4.69, 9.17) is 4.74 Å². The molecule has 3 aromatic rings. The van der Waals surface area contributed by atoms with Crippen LogP contribution in [0.1, 0.15) is 61.4 Å². The second kappa shape index (κ2) is 10.2. The van der Waals surface area contributed by atoms with Gasteiger partial charge in [0.15, 0.2) is 0 Å². The molecule has 3 fully saturated rings. The monoisotopic (exact) mass is 510 g/mol. The number of benzene rings is 3. The number of hydrogen-bond donors (Lipinski definition) is 0. The van der Waals surface area contributed by atoms with Crippen molar-refractivity contribution < 1.29 is 14.3 Å². The predicted molar refractivity (Wildman–Crippen MR) is 150 cm³/mol. The maximum Gasteiger partial charge on any atom is 0.308 e. The lowest BCUT2D eigenvalue weighted by molar-refractivity contribution is -0.131. The minimum absolute atomic E-state index is 0.0307. The van der Waals surface area contributed by atoms with Crippen LogP contribution in [0.15, 0.2) is 66.7 Å². The molecule has 5 nitrogen and oxygen atoms in total. The van der Waals surface area contributed by atoms with Crippen LogP contribution in [0.5, 0.6) is 5.75 Å². The van der Waals surface area contributed by atoms with Gasteiger partial charge in [0.25, 0.3) is 5.91 Å². The first-order chi connectivity index (χ1) is 18.4.